The normalized spacial score (nSPS) is 16.4. The fraction of sp³-hybridized carbons (Fsp3) is 0.643. The van der Waals surface area contributed by atoms with Gasteiger partial charge >= 0.3 is 0 Å². The van der Waals surface area contributed by atoms with Crippen LogP contribution in [0.5, 0.6) is 0 Å². The van der Waals surface area contributed by atoms with Gasteiger partial charge in [-0.1, -0.05) is 20.3 Å². The standard InChI is InChI=1S/C14H23N5OS/c1-9(2)12-16-7-10(19-15)11(18-12)13(20)17-8-14(21-3)5-4-6-14/h7,9,19H,4-6,8,15H2,1-3H3,(H,17,20). The molecule has 1 aliphatic rings. The first-order chi connectivity index (χ1) is 10.0. The highest BCUT2D eigenvalue weighted by Gasteiger charge is 2.36. The second kappa shape index (κ2) is 6.62. The summed E-state index contributed by atoms with van der Waals surface area (Å²) < 4.78 is 0.194. The zero-order chi connectivity index (χ0) is 15.5. The Morgan fingerprint density at radius 2 is 2.24 bits per heavy atom. The Morgan fingerprint density at radius 3 is 2.71 bits per heavy atom. The summed E-state index contributed by atoms with van der Waals surface area (Å²) in [5, 5.41) is 2.99. The lowest BCUT2D eigenvalue weighted by Crippen LogP contribution is -2.45. The van der Waals surface area contributed by atoms with Crippen molar-refractivity contribution in [3.8, 4) is 0 Å². The third kappa shape index (κ3) is 3.47. The maximum Gasteiger partial charge on any atom is 0.272 e. The number of carbonyl (C=O) groups excluding carboxylic acids is 1. The number of rotatable bonds is 6. The number of nitrogen functional groups attached to an aromatic ring is 1. The second-order valence-electron chi connectivity index (χ2n) is 5.71. The summed E-state index contributed by atoms with van der Waals surface area (Å²) in [5.41, 5.74) is 3.25. The van der Waals surface area contributed by atoms with Gasteiger partial charge in [0.05, 0.1) is 11.9 Å². The maximum atomic E-state index is 12.4. The molecule has 0 atom stereocenters. The van der Waals surface area contributed by atoms with Crippen LogP contribution in [0.2, 0.25) is 0 Å². The lowest BCUT2D eigenvalue weighted by Gasteiger charge is -2.40. The summed E-state index contributed by atoms with van der Waals surface area (Å²) in [5.74, 6) is 6.05. The van der Waals surface area contributed by atoms with Crippen molar-refractivity contribution in [1.82, 2.24) is 15.3 Å². The monoisotopic (exact) mass is 309 g/mol. The smallest absolute Gasteiger partial charge is 0.272 e. The van der Waals surface area contributed by atoms with Gasteiger partial charge in [0, 0.05) is 17.2 Å². The molecule has 0 radical (unpaired) electrons. The summed E-state index contributed by atoms with van der Waals surface area (Å²) in [6.07, 6.45) is 7.19. The Morgan fingerprint density at radius 1 is 1.52 bits per heavy atom. The van der Waals surface area contributed by atoms with Crippen LogP contribution in [-0.4, -0.2) is 33.4 Å². The molecule has 2 rings (SSSR count). The largest absolute Gasteiger partial charge is 0.349 e. The number of nitrogens with one attached hydrogen (secondary N) is 2. The number of hydrazine groups is 1. The SMILES string of the molecule is CSC1(CNC(=O)c2nc(C(C)C)ncc2NN)CCC1. The van der Waals surface area contributed by atoms with Crippen LogP contribution in [0.25, 0.3) is 0 Å². The van der Waals surface area contributed by atoms with Crippen molar-refractivity contribution in [3.63, 3.8) is 0 Å². The predicted molar refractivity (Wildman–Crippen MR) is 86.4 cm³/mol. The van der Waals surface area contributed by atoms with Crippen LogP contribution >= 0.6 is 11.8 Å². The van der Waals surface area contributed by atoms with Crippen molar-refractivity contribution in [2.45, 2.75) is 43.8 Å². The van der Waals surface area contributed by atoms with Crippen molar-refractivity contribution in [2.75, 3.05) is 18.2 Å². The van der Waals surface area contributed by atoms with Crippen molar-refractivity contribution >= 4 is 23.4 Å². The molecule has 0 aliphatic heterocycles. The van der Waals surface area contributed by atoms with E-state index in [1.807, 2.05) is 25.6 Å². The summed E-state index contributed by atoms with van der Waals surface area (Å²) in [6.45, 7) is 4.64. The van der Waals surface area contributed by atoms with Crippen LogP contribution in [0, 0.1) is 0 Å². The Hall–Kier alpha value is -1.34. The van der Waals surface area contributed by atoms with Gasteiger partial charge in [-0.3, -0.25) is 10.6 Å². The lowest BCUT2D eigenvalue weighted by molar-refractivity contribution is 0.0939. The molecule has 1 aromatic heterocycles. The maximum absolute atomic E-state index is 12.4. The summed E-state index contributed by atoms with van der Waals surface area (Å²) in [6, 6.07) is 0. The van der Waals surface area contributed by atoms with E-state index in [4.69, 9.17) is 5.84 Å². The van der Waals surface area contributed by atoms with E-state index in [1.165, 1.54) is 6.42 Å². The molecule has 6 nitrogen and oxygen atoms in total. The number of thioether (sulfide) groups is 1. The van der Waals surface area contributed by atoms with E-state index in [0.717, 1.165) is 12.8 Å². The first-order valence-corrected chi connectivity index (χ1v) is 8.41. The van der Waals surface area contributed by atoms with E-state index in [-0.39, 0.29) is 16.6 Å². The molecule has 0 saturated heterocycles. The van der Waals surface area contributed by atoms with Gasteiger partial charge in [-0.2, -0.15) is 11.8 Å². The third-order valence-corrected chi connectivity index (χ3v) is 5.38. The van der Waals surface area contributed by atoms with Gasteiger partial charge in [0.1, 0.15) is 5.82 Å². The molecule has 0 unspecified atom stereocenters. The van der Waals surface area contributed by atoms with E-state index in [1.54, 1.807) is 6.20 Å². The van der Waals surface area contributed by atoms with Gasteiger partial charge < -0.3 is 10.7 Å². The van der Waals surface area contributed by atoms with Crippen LogP contribution in [-0.2, 0) is 0 Å². The molecular weight excluding hydrogens is 286 g/mol. The Labute approximate surface area is 129 Å². The molecule has 0 spiro atoms. The molecular formula is C14H23N5OS. The molecule has 1 amide bonds. The molecule has 0 bridgehead atoms. The molecule has 21 heavy (non-hydrogen) atoms. The molecule has 1 heterocycles. The molecule has 1 aliphatic carbocycles. The molecule has 116 valence electrons. The average molecular weight is 309 g/mol. The molecule has 1 aromatic rings. The van der Waals surface area contributed by atoms with Crippen LogP contribution < -0.4 is 16.6 Å². The molecule has 7 heteroatoms. The van der Waals surface area contributed by atoms with Crippen LogP contribution in [0.1, 0.15) is 55.3 Å². The van der Waals surface area contributed by atoms with Crippen molar-refractivity contribution < 1.29 is 4.79 Å². The summed E-state index contributed by atoms with van der Waals surface area (Å²) in [7, 11) is 0. The topological polar surface area (TPSA) is 92.9 Å². The van der Waals surface area contributed by atoms with Crippen LogP contribution in [0.4, 0.5) is 5.69 Å². The number of hydrogen-bond donors (Lipinski definition) is 3. The van der Waals surface area contributed by atoms with Gasteiger partial charge in [0.2, 0.25) is 0 Å². The van der Waals surface area contributed by atoms with E-state index in [9.17, 15) is 4.79 Å². The Balaban J connectivity index is 2.12. The fourth-order valence-corrected chi connectivity index (χ4v) is 3.22. The number of nitrogens with zero attached hydrogens (tertiary/aromatic N) is 2. The second-order valence-corrected chi connectivity index (χ2v) is 6.99. The molecule has 4 N–H and O–H groups in total. The van der Waals surface area contributed by atoms with Gasteiger partial charge in [-0.05, 0) is 19.1 Å². The first-order valence-electron chi connectivity index (χ1n) is 7.18. The minimum atomic E-state index is -0.201. The highest BCUT2D eigenvalue weighted by atomic mass is 32.2. The number of nitrogens with two attached hydrogens (primary N) is 1. The number of aromatic nitrogens is 2. The summed E-state index contributed by atoms with van der Waals surface area (Å²) >= 11 is 1.83. The summed E-state index contributed by atoms with van der Waals surface area (Å²) in [4.78, 5) is 20.9. The average Bonchev–Trinajstić information content (AvgIpc) is 2.45. The quantitative estimate of drug-likeness (QED) is 0.549. The zero-order valence-electron chi connectivity index (χ0n) is 12.8. The van der Waals surface area contributed by atoms with Crippen LogP contribution in [0.3, 0.4) is 0 Å². The molecule has 1 fully saturated rings. The predicted octanol–water partition coefficient (Wildman–Crippen LogP) is 1.90. The van der Waals surface area contributed by atoms with Crippen molar-refractivity contribution in [1.29, 1.82) is 0 Å². The van der Waals surface area contributed by atoms with Gasteiger partial charge in [0.25, 0.3) is 5.91 Å². The van der Waals surface area contributed by atoms with E-state index in [2.05, 4.69) is 27.0 Å². The minimum Gasteiger partial charge on any atom is -0.349 e. The highest BCUT2D eigenvalue weighted by Crippen LogP contribution is 2.42. The number of carbonyl (C=O) groups is 1. The zero-order valence-corrected chi connectivity index (χ0v) is 13.6. The van der Waals surface area contributed by atoms with E-state index in [0.29, 0.717) is 23.8 Å². The van der Waals surface area contributed by atoms with Crippen molar-refractivity contribution in [3.05, 3.63) is 17.7 Å². The van der Waals surface area contributed by atoms with Crippen molar-refractivity contribution in [2.24, 2.45) is 5.84 Å². The third-order valence-electron chi connectivity index (χ3n) is 3.96. The van der Waals surface area contributed by atoms with E-state index < -0.39 is 0 Å². The number of hydrogen-bond acceptors (Lipinski definition) is 6. The fourth-order valence-electron chi connectivity index (χ4n) is 2.30. The van der Waals surface area contributed by atoms with Crippen LogP contribution in [0.15, 0.2) is 6.20 Å². The highest BCUT2D eigenvalue weighted by molar-refractivity contribution is 8.00. The molecule has 1 saturated carbocycles. The van der Waals surface area contributed by atoms with Gasteiger partial charge in [0.15, 0.2) is 5.69 Å². The Kier molecular flexibility index (Phi) is 5.05. The Bertz CT molecular complexity index is 511. The number of anilines is 1. The molecule has 0 aromatic carbocycles. The van der Waals surface area contributed by atoms with E-state index >= 15 is 0 Å². The van der Waals surface area contributed by atoms with Gasteiger partial charge in [-0.25, -0.2) is 9.97 Å². The lowest BCUT2D eigenvalue weighted by atomic mass is 9.84. The van der Waals surface area contributed by atoms with Gasteiger partial charge in [-0.15, -0.1) is 0 Å². The number of amides is 1. The first kappa shape index (κ1) is 16.0. The minimum absolute atomic E-state index is 0.160.